The number of unbranched alkanes of at least 4 members (excludes halogenated alkanes) is 8. The average molecular weight is 531 g/mol. The first-order chi connectivity index (χ1) is 19.1. The van der Waals surface area contributed by atoms with E-state index in [0.717, 1.165) is 54.9 Å². The highest BCUT2D eigenvalue weighted by Gasteiger charge is 2.11. The maximum absolute atomic E-state index is 12.7. The second-order valence-electron chi connectivity index (χ2n) is 10.3. The molecule has 3 aromatic carbocycles. The second-order valence-corrected chi connectivity index (χ2v) is 10.3. The van der Waals surface area contributed by atoms with E-state index >= 15 is 0 Å². The van der Waals surface area contributed by atoms with Crippen molar-refractivity contribution < 1.29 is 19.0 Å². The Hall–Kier alpha value is -3.11. The standard InChI is InChI=1S/C35H46O4/c1-4-6-8-9-10-11-12-13-27-37-28(3)29-14-16-32(17-15-29)35(36)39-34-24-20-31(21-25-34)30-18-22-33(23-19-30)38-26-7-5-2/h14-25,28H,4-13,26-27H2,1-3H3. The summed E-state index contributed by atoms with van der Waals surface area (Å²) in [5.74, 6) is 1.04. The maximum atomic E-state index is 12.7. The summed E-state index contributed by atoms with van der Waals surface area (Å²) < 4.78 is 17.4. The molecular formula is C35H46O4. The molecule has 0 heterocycles. The van der Waals surface area contributed by atoms with E-state index in [4.69, 9.17) is 14.2 Å². The van der Waals surface area contributed by atoms with Crippen molar-refractivity contribution >= 4 is 5.97 Å². The number of carbonyl (C=O) groups excluding carboxylic acids is 1. The molecule has 3 rings (SSSR count). The van der Waals surface area contributed by atoms with E-state index in [2.05, 4.69) is 20.8 Å². The van der Waals surface area contributed by atoms with Crippen LogP contribution < -0.4 is 9.47 Å². The number of hydrogen-bond donors (Lipinski definition) is 0. The van der Waals surface area contributed by atoms with Gasteiger partial charge in [-0.25, -0.2) is 4.79 Å². The van der Waals surface area contributed by atoms with Gasteiger partial charge < -0.3 is 14.2 Å². The molecule has 0 spiro atoms. The summed E-state index contributed by atoms with van der Waals surface area (Å²) in [5, 5.41) is 0. The monoisotopic (exact) mass is 530 g/mol. The van der Waals surface area contributed by atoms with Crippen LogP contribution in [0.2, 0.25) is 0 Å². The molecule has 0 aliphatic rings. The van der Waals surface area contributed by atoms with Gasteiger partial charge in [-0.1, -0.05) is 102 Å². The van der Waals surface area contributed by atoms with Crippen LogP contribution in [0.25, 0.3) is 11.1 Å². The third-order valence-corrected chi connectivity index (χ3v) is 7.00. The maximum Gasteiger partial charge on any atom is 0.343 e. The van der Waals surface area contributed by atoms with Gasteiger partial charge in [-0.05, 0) is 72.9 Å². The van der Waals surface area contributed by atoms with E-state index in [-0.39, 0.29) is 12.1 Å². The minimum absolute atomic E-state index is 0.00383. The first-order valence-electron chi connectivity index (χ1n) is 14.9. The fraction of sp³-hybridized carbons (Fsp3) is 0.457. The lowest BCUT2D eigenvalue weighted by Gasteiger charge is -2.14. The smallest absolute Gasteiger partial charge is 0.343 e. The van der Waals surface area contributed by atoms with E-state index in [0.29, 0.717) is 11.3 Å². The van der Waals surface area contributed by atoms with Crippen molar-refractivity contribution in [3.05, 3.63) is 83.9 Å². The van der Waals surface area contributed by atoms with Crippen LogP contribution in [0, 0.1) is 0 Å². The fourth-order valence-corrected chi connectivity index (χ4v) is 4.44. The second kappa shape index (κ2) is 17.5. The van der Waals surface area contributed by atoms with Crippen molar-refractivity contribution in [3.8, 4) is 22.6 Å². The van der Waals surface area contributed by atoms with Crippen molar-refractivity contribution in [1.82, 2.24) is 0 Å². The van der Waals surface area contributed by atoms with Crippen LogP contribution in [-0.2, 0) is 4.74 Å². The topological polar surface area (TPSA) is 44.8 Å². The lowest BCUT2D eigenvalue weighted by atomic mass is 10.1. The number of ether oxygens (including phenoxy) is 3. The summed E-state index contributed by atoms with van der Waals surface area (Å²) in [6.45, 7) is 7.98. The summed E-state index contributed by atoms with van der Waals surface area (Å²) in [6.07, 6.45) is 12.5. The molecule has 4 heteroatoms. The van der Waals surface area contributed by atoms with Gasteiger partial charge in [0.15, 0.2) is 0 Å². The molecule has 210 valence electrons. The van der Waals surface area contributed by atoms with Crippen molar-refractivity contribution in [2.24, 2.45) is 0 Å². The van der Waals surface area contributed by atoms with E-state index in [1.165, 1.54) is 44.9 Å². The third kappa shape index (κ3) is 10.9. The zero-order valence-corrected chi connectivity index (χ0v) is 24.1. The van der Waals surface area contributed by atoms with Gasteiger partial charge in [-0.3, -0.25) is 0 Å². The predicted octanol–water partition coefficient (Wildman–Crippen LogP) is 9.97. The van der Waals surface area contributed by atoms with Gasteiger partial charge in [0.2, 0.25) is 0 Å². The molecule has 0 saturated carbocycles. The molecular weight excluding hydrogens is 484 g/mol. The highest BCUT2D eigenvalue weighted by atomic mass is 16.5. The molecule has 0 N–H and O–H groups in total. The summed E-state index contributed by atoms with van der Waals surface area (Å²) in [4.78, 5) is 12.7. The van der Waals surface area contributed by atoms with Gasteiger partial charge >= 0.3 is 5.97 Å². The SMILES string of the molecule is CCCCCCCCCCOC(C)c1ccc(C(=O)Oc2ccc(-c3ccc(OCCCC)cc3)cc2)cc1. The van der Waals surface area contributed by atoms with Gasteiger partial charge in [0.1, 0.15) is 11.5 Å². The largest absolute Gasteiger partial charge is 0.494 e. The Morgan fingerprint density at radius 2 is 1.15 bits per heavy atom. The van der Waals surface area contributed by atoms with Crippen LogP contribution >= 0.6 is 0 Å². The Labute approximate surface area is 235 Å². The van der Waals surface area contributed by atoms with Crippen molar-refractivity contribution in [2.45, 2.75) is 91.1 Å². The van der Waals surface area contributed by atoms with E-state index in [1.807, 2.05) is 72.8 Å². The van der Waals surface area contributed by atoms with Crippen LogP contribution in [0.15, 0.2) is 72.8 Å². The Bertz CT molecular complexity index is 1070. The first-order valence-corrected chi connectivity index (χ1v) is 14.9. The van der Waals surface area contributed by atoms with E-state index in [9.17, 15) is 4.79 Å². The molecule has 0 saturated heterocycles. The molecule has 0 aliphatic carbocycles. The van der Waals surface area contributed by atoms with Gasteiger partial charge in [0.05, 0.1) is 18.3 Å². The lowest BCUT2D eigenvalue weighted by Crippen LogP contribution is -2.09. The van der Waals surface area contributed by atoms with Crippen LogP contribution in [0.1, 0.15) is 107 Å². The molecule has 4 nitrogen and oxygen atoms in total. The fourth-order valence-electron chi connectivity index (χ4n) is 4.44. The Kier molecular flexibility index (Phi) is 13.6. The summed E-state index contributed by atoms with van der Waals surface area (Å²) >= 11 is 0. The molecule has 39 heavy (non-hydrogen) atoms. The van der Waals surface area contributed by atoms with Crippen LogP contribution in [0.5, 0.6) is 11.5 Å². The predicted molar refractivity (Wildman–Crippen MR) is 161 cm³/mol. The minimum atomic E-state index is -0.365. The lowest BCUT2D eigenvalue weighted by molar-refractivity contribution is 0.0626. The van der Waals surface area contributed by atoms with Crippen LogP contribution in [-0.4, -0.2) is 19.2 Å². The minimum Gasteiger partial charge on any atom is -0.494 e. The molecule has 0 aromatic heterocycles. The van der Waals surface area contributed by atoms with Gasteiger partial charge in [-0.2, -0.15) is 0 Å². The molecule has 0 aliphatic heterocycles. The zero-order valence-electron chi connectivity index (χ0n) is 24.1. The van der Waals surface area contributed by atoms with Crippen molar-refractivity contribution in [3.63, 3.8) is 0 Å². The number of rotatable bonds is 18. The highest BCUT2D eigenvalue weighted by molar-refractivity contribution is 5.91. The number of hydrogen-bond acceptors (Lipinski definition) is 4. The average Bonchev–Trinajstić information content (AvgIpc) is 2.97. The molecule has 0 amide bonds. The highest BCUT2D eigenvalue weighted by Crippen LogP contribution is 2.25. The van der Waals surface area contributed by atoms with Gasteiger partial charge in [0, 0.05) is 6.61 Å². The molecule has 1 unspecified atom stereocenters. The molecule has 1 atom stereocenters. The molecule has 0 fully saturated rings. The normalized spacial score (nSPS) is 11.8. The number of benzene rings is 3. The summed E-state index contributed by atoms with van der Waals surface area (Å²) in [5.41, 5.74) is 3.74. The van der Waals surface area contributed by atoms with E-state index in [1.54, 1.807) is 0 Å². The van der Waals surface area contributed by atoms with Crippen molar-refractivity contribution in [2.75, 3.05) is 13.2 Å². The molecule has 3 aromatic rings. The number of esters is 1. The Morgan fingerprint density at radius 1 is 0.615 bits per heavy atom. The van der Waals surface area contributed by atoms with Crippen molar-refractivity contribution in [1.29, 1.82) is 0 Å². The summed E-state index contributed by atoms with van der Waals surface area (Å²) in [6, 6.07) is 23.2. The Balaban J connectivity index is 1.41. The number of carbonyl (C=O) groups is 1. The third-order valence-electron chi connectivity index (χ3n) is 7.00. The van der Waals surface area contributed by atoms with Gasteiger partial charge in [-0.15, -0.1) is 0 Å². The molecule has 0 bridgehead atoms. The zero-order chi connectivity index (χ0) is 27.7. The Morgan fingerprint density at radius 3 is 1.74 bits per heavy atom. The van der Waals surface area contributed by atoms with Crippen LogP contribution in [0.3, 0.4) is 0 Å². The first kappa shape index (κ1) is 30.4. The van der Waals surface area contributed by atoms with Crippen LogP contribution in [0.4, 0.5) is 0 Å². The molecule has 0 radical (unpaired) electrons. The van der Waals surface area contributed by atoms with E-state index < -0.39 is 0 Å². The van der Waals surface area contributed by atoms with Gasteiger partial charge in [0.25, 0.3) is 0 Å². The summed E-state index contributed by atoms with van der Waals surface area (Å²) in [7, 11) is 0. The quantitative estimate of drug-likeness (QED) is 0.0932.